The minimum Gasteiger partial charge on any atom is -0.481 e. The predicted molar refractivity (Wildman–Crippen MR) is 58.9 cm³/mol. The van der Waals surface area contributed by atoms with Gasteiger partial charge in [-0.15, -0.1) is 0 Å². The van der Waals surface area contributed by atoms with Gasteiger partial charge in [-0.05, 0) is 18.3 Å². The van der Waals surface area contributed by atoms with E-state index in [0.717, 1.165) is 0 Å². The van der Waals surface area contributed by atoms with E-state index in [4.69, 9.17) is 5.11 Å². The van der Waals surface area contributed by atoms with Crippen LogP contribution in [0.15, 0.2) is 0 Å². The van der Waals surface area contributed by atoms with Crippen molar-refractivity contribution in [1.82, 2.24) is 5.32 Å². The van der Waals surface area contributed by atoms with Gasteiger partial charge in [0.05, 0.1) is 0 Å². The van der Waals surface area contributed by atoms with Gasteiger partial charge in [0.25, 0.3) is 0 Å². The molecule has 0 saturated carbocycles. The second kappa shape index (κ2) is 6.61. The summed E-state index contributed by atoms with van der Waals surface area (Å²) in [5, 5.41) is 10.7. The highest BCUT2D eigenvalue weighted by atomic mass is 19.4. The summed E-state index contributed by atoms with van der Waals surface area (Å²) in [5.41, 5.74) is -0.329. The van der Waals surface area contributed by atoms with Crippen molar-refractivity contribution < 1.29 is 27.9 Å². The summed E-state index contributed by atoms with van der Waals surface area (Å²) in [5.74, 6) is -1.97. The molecule has 0 spiro atoms. The second-order valence-corrected chi connectivity index (χ2v) is 4.95. The number of aliphatic carboxylic acids is 1. The Morgan fingerprint density at radius 3 is 2.17 bits per heavy atom. The fourth-order valence-corrected chi connectivity index (χ4v) is 1.36. The van der Waals surface area contributed by atoms with E-state index in [0.29, 0.717) is 12.8 Å². The molecule has 0 aliphatic carbocycles. The van der Waals surface area contributed by atoms with E-state index < -0.39 is 24.5 Å². The number of carbonyl (C=O) groups is 2. The summed E-state index contributed by atoms with van der Waals surface area (Å²) in [6.45, 7) is 3.74. The van der Waals surface area contributed by atoms with E-state index >= 15 is 0 Å². The fourth-order valence-electron chi connectivity index (χ4n) is 1.36. The third-order valence-corrected chi connectivity index (χ3v) is 2.50. The molecule has 0 aromatic rings. The molecule has 0 aliphatic rings. The highest BCUT2D eigenvalue weighted by Crippen LogP contribution is 2.26. The Hall–Kier alpha value is -1.27. The molecule has 0 heterocycles. The van der Waals surface area contributed by atoms with Gasteiger partial charge in [0.15, 0.2) is 0 Å². The fraction of sp³-hybridized carbons (Fsp3) is 0.818. The maximum atomic E-state index is 11.9. The van der Waals surface area contributed by atoms with Crippen molar-refractivity contribution in [3.05, 3.63) is 0 Å². The Labute approximate surface area is 104 Å². The molecule has 0 fully saturated rings. The maximum Gasteiger partial charge on any atom is 0.397 e. The third kappa shape index (κ3) is 9.92. The Kier molecular flexibility index (Phi) is 6.14. The topological polar surface area (TPSA) is 66.4 Å². The number of hydrogen-bond acceptors (Lipinski definition) is 2. The van der Waals surface area contributed by atoms with Crippen LogP contribution in [0.2, 0.25) is 0 Å². The van der Waals surface area contributed by atoms with Crippen molar-refractivity contribution in [1.29, 1.82) is 0 Å². The zero-order chi connectivity index (χ0) is 14.4. The van der Waals surface area contributed by atoms with Crippen molar-refractivity contribution in [2.75, 3.05) is 6.54 Å². The molecule has 2 N–H and O–H groups in total. The smallest absolute Gasteiger partial charge is 0.397 e. The molecule has 0 aromatic heterocycles. The van der Waals surface area contributed by atoms with Crippen LogP contribution in [0.4, 0.5) is 13.2 Å². The van der Waals surface area contributed by atoms with Gasteiger partial charge >= 0.3 is 12.1 Å². The largest absolute Gasteiger partial charge is 0.481 e. The first-order chi connectivity index (χ1) is 8.02. The molecule has 0 unspecified atom stereocenters. The molecule has 0 aromatic carbocycles. The van der Waals surface area contributed by atoms with Crippen LogP contribution in [0.25, 0.3) is 0 Å². The molecule has 0 aliphatic heterocycles. The molecule has 0 radical (unpaired) electrons. The molecule has 106 valence electrons. The SMILES string of the molecule is CC(C)(CCNC(=O)CC(F)(F)F)CCC(=O)O. The van der Waals surface area contributed by atoms with Crippen LogP contribution in [0.5, 0.6) is 0 Å². The molecule has 1 amide bonds. The van der Waals surface area contributed by atoms with Crippen LogP contribution in [0.3, 0.4) is 0 Å². The molecule has 0 rings (SSSR count). The van der Waals surface area contributed by atoms with Gasteiger partial charge in [-0.3, -0.25) is 9.59 Å². The Morgan fingerprint density at radius 2 is 1.72 bits per heavy atom. The average Bonchev–Trinajstić information content (AvgIpc) is 2.11. The highest BCUT2D eigenvalue weighted by Gasteiger charge is 2.31. The molecular formula is C11H18F3NO3. The van der Waals surface area contributed by atoms with Crippen LogP contribution in [0.1, 0.15) is 39.5 Å². The summed E-state index contributed by atoms with van der Waals surface area (Å²) >= 11 is 0. The number of carbonyl (C=O) groups excluding carboxylic acids is 1. The summed E-state index contributed by atoms with van der Waals surface area (Å²) < 4.78 is 35.6. The third-order valence-electron chi connectivity index (χ3n) is 2.50. The average molecular weight is 269 g/mol. The van der Waals surface area contributed by atoms with Crippen LogP contribution in [0, 0.1) is 5.41 Å². The number of alkyl halides is 3. The van der Waals surface area contributed by atoms with Gasteiger partial charge in [0, 0.05) is 13.0 Å². The van der Waals surface area contributed by atoms with Crippen LogP contribution in [-0.4, -0.2) is 29.7 Å². The van der Waals surface area contributed by atoms with Crippen LogP contribution < -0.4 is 5.32 Å². The van der Waals surface area contributed by atoms with Crippen molar-refractivity contribution in [3.8, 4) is 0 Å². The normalized spacial score (nSPS) is 12.3. The molecule has 7 heteroatoms. The number of carboxylic acids is 1. The Morgan fingerprint density at radius 1 is 1.17 bits per heavy atom. The zero-order valence-electron chi connectivity index (χ0n) is 10.4. The lowest BCUT2D eigenvalue weighted by Gasteiger charge is -2.23. The summed E-state index contributed by atoms with van der Waals surface area (Å²) in [6, 6.07) is 0. The first-order valence-electron chi connectivity index (χ1n) is 5.57. The quantitative estimate of drug-likeness (QED) is 0.745. The van der Waals surface area contributed by atoms with E-state index in [9.17, 15) is 22.8 Å². The van der Waals surface area contributed by atoms with Crippen LogP contribution in [-0.2, 0) is 9.59 Å². The van der Waals surface area contributed by atoms with Crippen molar-refractivity contribution in [2.24, 2.45) is 5.41 Å². The van der Waals surface area contributed by atoms with Gasteiger partial charge in [0.1, 0.15) is 6.42 Å². The summed E-state index contributed by atoms with van der Waals surface area (Å²) in [4.78, 5) is 21.3. The lowest BCUT2D eigenvalue weighted by molar-refractivity contribution is -0.153. The molecule has 0 saturated heterocycles. The number of carboxylic acid groups (broad SMARTS) is 1. The Balaban J connectivity index is 3.89. The molecular weight excluding hydrogens is 251 g/mol. The summed E-state index contributed by atoms with van der Waals surface area (Å²) in [6.07, 6.45) is -5.13. The van der Waals surface area contributed by atoms with Gasteiger partial charge in [-0.1, -0.05) is 13.8 Å². The van der Waals surface area contributed by atoms with E-state index in [2.05, 4.69) is 5.32 Å². The number of hydrogen-bond donors (Lipinski definition) is 2. The number of rotatable bonds is 7. The van der Waals surface area contributed by atoms with E-state index in [1.54, 1.807) is 0 Å². The number of amides is 1. The standard InChI is InChI=1S/C11H18F3NO3/c1-10(2,4-3-9(17)18)5-6-15-8(16)7-11(12,13)14/h3-7H2,1-2H3,(H,15,16)(H,17,18). The minimum atomic E-state index is -4.50. The van der Waals surface area contributed by atoms with Gasteiger partial charge in [-0.25, -0.2) is 0 Å². The highest BCUT2D eigenvalue weighted by molar-refractivity contribution is 5.76. The van der Waals surface area contributed by atoms with Crippen LogP contribution >= 0.6 is 0 Å². The van der Waals surface area contributed by atoms with Gasteiger partial charge in [0.2, 0.25) is 5.91 Å². The lowest BCUT2D eigenvalue weighted by Crippen LogP contribution is -2.31. The first-order valence-corrected chi connectivity index (χ1v) is 5.57. The van der Waals surface area contributed by atoms with Gasteiger partial charge in [-0.2, -0.15) is 13.2 Å². The van der Waals surface area contributed by atoms with E-state index in [1.807, 2.05) is 13.8 Å². The zero-order valence-corrected chi connectivity index (χ0v) is 10.4. The van der Waals surface area contributed by atoms with E-state index in [1.165, 1.54) is 0 Å². The predicted octanol–water partition coefficient (Wildman–Crippen LogP) is 2.34. The van der Waals surface area contributed by atoms with Crippen molar-refractivity contribution in [2.45, 2.75) is 45.7 Å². The van der Waals surface area contributed by atoms with Crippen molar-refractivity contribution in [3.63, 3.8) is 0 Å². The Bertz CT molecular complexity index is 300. The number of nitrogens with one attached hydrogen (secondary N) is 1. The first kappa shape index (κ1) is 16.7. The minimum absolute atomic E-state index is 0.00347. The number of halogens is 3. The monoisotopic (exact) mass is 269 g/mol. The summed E-state index contributed by atoms with van der Waals surface area (Å²) in [7, 11) is 0. The molecule has 0 bridgehead atoms. The molecule has 0 atom stereocenters. The van der Waals surface area contributed by atoms with E-state index in [-0.39, 0.29) is 18.4 Å². The van der Waals surface area contributed by atoms with Crippen molar-refractivity contribution >= 4 is 11.9 Å². The van der Waals surface area contributed by atoms with Gasteiger partial charge < -0.3 is 10.4 Å². The lowest BCUT2D eigenvalue weighted by atomic mass is 9.84. The molecule has 18 heavy (non-hydrogen) atoms. The molecule has 4 nitrogen and oxygen atoms in total. The maximum absolute atomic E-state index is 11.9. The second-order valence-electron chi connectivity index (χ2n) is 4.95.